The topological polar surface area (TPSA) is 38.3 Å². The van der Waals surface area contributed by atoms with Crippen molar-refractivity contribution in [3.63, 3.8) is 0 Å². The third kappa shape index (κ3) is 2.59. The fourth-order valence-electron chi connectivity index (χ4n) is 1.30. The van der Waals surface area contributed by atoms with Gasteiger partial charge in [-0.2, -0.15) is 0 Å². The molecule has 0 aliphatic heterocycles. The fourth-order valence-corrected chi connectivity index (χ4v) is 1.73. The Morgan fingerprint density at radius 3 is 2.73 bits per heavy atom. The first kappa shape index (κ1) is 12.2. The average molecular weight is 274 g/mol. The van der Waals surface area contributed by atoms with Gasteiger partial charge in [0.1, 0.15) is 12.1 Å². The van der Waals surface area contributed by atoms with Crippen LogP contribution in [0.2, 0.25) is 0 Å². The normalized spacial score (nSPS) is 12.3. The minimum Gasteiger partial charge on any atom is -0.481 e. The van der Waals surface area contributed by atoms with E-state index in [9.17, 15) is 0 Å². The summed E-state index contributed by atoms with van der Waals surface area (Å²) < 4.78 is 5.16. The van der Waals surface area contributed by atoms with Crippen LogP contribution in [-0.4, -0.2) is 35.5 Å². The van der Waals surface area contributed by atoms with Crippen LogP contribution in [0.15, 0.2) is 6.33 Å². The van der Waals surface area contributed by atoms with Crippen molar-refractivity contribution in [1.82, 2.24) is 9.97 Å². The van der Waals surface area contributed by atoms with Gasteiger partial charge in [-0.25, -0.2) is 9.97 Å². The second kappa shape index (κ2) is 5.30. The summed E-state index contributed by atoms with van der Waals surface area (Å²) in [5.41, 5.74) is 0.968. The maximum absolute atomic E-state index is 5.16. The molecule has 0 bridgehead atoms. The minimum atomic E-state index is 0.378. The van der Waals surface area contributed by atoms with Crippen LogP contribution in [0.5, 0.6) is 5.88 Å². The van der Waals surface area contributed by atoms with Crippen LogP contribution in [0.25, 0.3) is 0 Å². The predicted molar refractivity (Wildman–Crippen MR) is 65.0 cm³/mol. The monoisotopic (exact) mass is 273 g/mol. The molecule has 5 heteroatoms. The molecule has 0 N–H and O–H groups in total. The Kier molecular flexibility index (Phi) is 4.32. The first-order chi connectivity index (χ1) is 7.11. The van der Waals surface area contributed by atoms with Gasteiger partial charge in [0.2, 0.25) is 5.88 Å². The summed E-state index contributed by atoms with van der Waals surface area (Å²) in [4.78, 5) is 10.4. The van der Waals surface area contributed by atoms with Crippen LogP contribution in [0, 0.1) is 6.92 Å². The summed E-state index contributed by atoms with van der Waals surface area (Å²) in [6, 6.07) is 0.378. The molecule has 1 aromatic rings. The van der Waals surface area contributed by atoms with Crippen LogP contribution in [-0.2, 0) is 0 Å². The van der Waals surface area contributed by atoms with E-state index in [0.717, 1.165) is 16.7 Å². The number of halogens is 1. The molecule has 0 radical (unpaired) electrons. The molecule has 1 unspecified atom stereocenters. The highest BCUT2D eigenvalue weighted by Gasteiger charge is 2.15. The van der Waals surface area contributed by atoms with Crippen LogP contribution < -0.4 is 9.64 Å². The van der Waals surface area contributed by atoms with E-state index in [2.05, 4.69) is 37.7 Å². The van der Waals surface area contributed by atoms with Gasteiger partial charge in [-0.1, -0.05) is 15.9 Å². The Labute approximate surface area is 98.8 Å². The molecular weight excluding hydrogens is 258 g/mol. The van der Waals surface area contributed by atoms with Crippen LogP contribution >= 0.6 is 15.9 Å². The number of aromatic nitrogens is 2. The molecule has 0 aliphatic rings. The van der Waals surface area contributed by atoms with Crippen molar-refractivity contribution >= 4 is 21.7 Å². The average Bonchev–Trinajstić information content (AvgIpc) is 2.27. The van der Waals surface area contributed by atoms with Crippen molar-refractivity contribution in [2.24, 2.45) is 0 Å². The molecule has 0 saturated heterocycles. The van der Waals surface area contributed by atoms with E-state index >= 15 is 0 Å². The highest BCUT2D eigenvalue weighted by Crippen LogP contribution is 2.24. The number of anilines is 1. The summed E-state index contributed by atoms with van der Waals surface area (Å²) >= 11 is 3.46. The molecule has 0 amide bonds. The molecule has 15 heavy (non-hydrogen) atoms. The number of rotatable bonds is 4. The zero-order valence-electron chi connectivity index (χ0n) is 9.49. The Balaban J connectivity index is 3.03. The van der Waals surface area contributed by atoms with Gasteiger partial charge >= 0.3 is 0 Å². The van der Waals surface area contributed by atoms with Gasteiger partial charge in [0.25, 0.3) is 0 Å². The molecule has 4 nitrogen and oxygen atoms in total. The molecule has 0 spiro atoms. The lowest BCUT2D eigenvalue weighted by Gasteiger charge is -2.25. The van der Waals surface area contributed by atoms with Crippen LogP contribution in [0.4, 0.5) is 5.82 Å². The van der Waals surface area contributed by atoms with Crippen molar-refractivity contribution in [1.29, 1.82) is 0 Å². The summed E-state index contributed by atoms with van der Waals surface area (Å²) in [5, 5.41) is 0.898. The van der Waals surface area contributed by atoms with Gasteiger partial charge in [0.05, 0.1) is 12.7 Å². The third-order valence-corrected chi connectivity index (χ3v) is 3.36. The zero-order chi connectivity index (χ0) is 11.4. The number of ether oxygens (including phenoxy) is 1. The number of nitrogens with zero attached hydrogens (tertiary/aromatic N) is 3. The first-order valence-electron chi connectivity index (χ1n) is 4.76. The fraction of sp³-hybridized carbons (Fsp3) is 0.600. The number of methoxy groups -OCH3 is 1. The van der Waals surface area contributed by atoms with Crippen molar-refractivity contribution in [2.45, 2.75) is 19.9 Å². The van der Waals surface area contributed by atoms with Crippen molar-refractivity contribution in [2.75, 3.05) is 24.4 Å². The van der Waals surface area contributed by atoms with E-state index in [1.807, 2.05) is 14.0 Å². The molecule has 1 rings (SSSR count). The Morgan fingerprint density at radius 1 is 1.53 bits per heavy atom. The van der Waals surface area contributed by atoms with Gasteiger partial charge in [-0.05, 0) is 13.8 Å². The summed E-state index contributed by atoms with van der Waals surface area (Å²) in [5.74, 6) is 1.54. The van der Waals surface area contributed by atoms with Crippen molar-refractivity contribution < 1.29 is 4.74 Å². The van der Waals surface area contributed by atoms with Crippen LogP contribution in [0.3, 0.4) is 0 Å². The van der Waals surface area contributed by atoms with Gasteiger partial charge < -0.3 is 9.64 Å². The van der Waals surface area contributed by atoms with Gasteiger partial charge in [-0.3, -0.25) is 0 Å². The van der Waals surface area contributed by atoms with E-state index in [1.165, 1.54) is 6.33 Å². The van der Waals surface area contributed by atoms with Gasteiger partial charge in [0.15, 0.2) is 0 Å². The quantitative estimate of drug-likeness (QED) is 0.787. The van der Waals surface area contributed by atoms with Crippen molar-refractivity contribution in [3.8, 4) is 5.88 Å². The molecule has 1 heterocycles. The molecule has 84 valence electrons. The molecule has 0 saturated carbocycles. The molecule has 0 fully saturated rings. The lowest BCUT2D eigenvalue weighted by atomic mass is 10.2. The molecular formula is C10H16BrN3O. The molecule has 0 aromatic carbocycles. The smallest absolute Gasteiger partial charge is 0.221 e. The van der Waals surface area contributed by atoms with Gasteiger partial charge in [0, 0.05) is 18.4 Å². The third-order valence-electron chi connectivity index (χ3n) is 2.42. The molecule has 1 atom stereocenters. The van der Waals surface area contributed by atoms with E-state index in [-0.39, 0.29) is 0 Å². The maximum atomic E-state index is 5.16. The lowest BCUT2D eigenvalue weighted by Crippen LogP contribution is -2.31. The number of hydrogen-bond acceptors (Lipinski definition) is 4. The Bertz CT molecular complexity index is 332. The Hall–Kier alpha value is -0.840. The maximum Gasteiger partial charge on any atom is 0.221 e. The zero-order valence-corrected chi connectivity index (χ0v) is 11.1. The van der Waals surface area contributed by atoms with Crippen molar-refractivity contribution in [3.05, 3.63) is 11.9 Å². The van der Waals surface area contributed by atoms with Crippen LogP contribution in [0.1, 0.15) is 12.5 Å². The minimum absolute atomic E-state index is 0.378. The second-order valence-corrected chi connectivity index (χ2v) is 4.09. The lowest BCUT2D eigenvalue weighted by molar-refractivity contribution is 0.393. The Morgan fingerprint density at radius 2 is 2.20 bits per heavy atom. The predicted octanol–water partition coefficient (Wildman–Crippen LogP) is 2.01. The van der Waals surface area contributed by atoms with E-state index in [1.54, 1.807) is 7.11 Å². The number of alkyl halides is 1. The molecule has 1 aromatic heterocycles. The van der Waals surface area contributed by atoms with Gasteiger partial charge in [-0.15, -0.1) is 0 Å². The SMILES string of the molecule is COc1ncnc(N(C)C(C)CBr)c1C. The number of hydrogen-bond donors (Lipinski definition) is 0. The van der Waals surface area contributed by atoms with E-state index in [4.69, 9.17) is 4.74 Å². The summed E-state index contributed by atoms with van der Waals surface area (Å²) in [6.45, 7) is 4.09. The summed E-state index contributed by atoms with van der Waals surface area (Å²) in [6.07, 6.45) is 1.53. The highest BCUT2D eigenvalue weighted by molar-refractivity contribution is 9.09. The first-order valence-corrected chi connectivity index (χ1v) is 5.88. The molecule has 0 aliphatic carbocycles. The largest absolute Gasteiger partial charge is 0.481 e. The van der Waals surface area contributed by atoms with E-state index in [0.29, 0.717) is 11.9 Å². The van der Waals surface area contributed by atoms with E-state index < -0.39 is 0 Å². The highest BCUT2D eigenvalue weighted by atomic mass is 79.9. The second-order valence-electron chi connectivity index (χ2n) is 3.45. The standard InChI is InChI=1S/C10H16BrN3O/c1-7(5-11)14(3)9-8(2)10(15-4)13-6-12-9/h6-7H,5H2,1-4H3. The summed E-state index contributed by atoms with van der Waals surface area (Å²) in [7, 11) is 3.63.